The zero-order valence-corrected chi connectivity index (χ0v) is 8.39. The van der Waals surface area contributed by atoms with Gasteiger partial charge in [-0.05, 0) is 24.8 Å². The average molecular weight is 196 g/mol. The maximum absolute atomic E-state index is 10.0. The summed E-state index contributed by atoms with van der Waals surface area (Å²) in [6.07, 6.45) is 3.29. The van der Waals surface area contributed by atoms with Gasteiger partial charge < -0.3 is 9.84 Å². The number of ether oxygens (including phenoxy) is 1. The van der Waals surface area contributed by atoms with Crippen molar-refractivity contribution in [3.05, 3.63) is 18.0 Å². The minimum absolute atomic E-state index is 0.304. The van der Waals surface area contributed by atoms with Crippen LogP contribution in [0.4, 0.5) is 0 Å². The van der Waals surface area contributed by atoms with Gasteiger partial charge in [-0.25, -0.2) is 0 Å². The highest BCUT2D eigenvalue weighted by atomic mass is 16.5. The standard InChI is InChI=1S/C10H16N2O2/c1-12-5-2-9(11-12)10(13)8-3-6-14-7-4-8/h2,5,8,10,13H,3-4,6-7H2,1H3. The lowest BCUT2D eigenvalue weighted by Gasteiger charge is -2.25. The van der Waals surface area contributed by atoms with Crippen LogP contribution in [-0.2, 0) is 11.8 Å². The molecule has 1 N–H and O–H groups in total. The summed E-state index contributed by atoms with van der Waals surface area (Å²) in [5.41, 5.74) is 0.777. The lowest BCUT2D eigenvalue weighted by molar-refractivity contribution is 0.00539. The normalized spacial score (nSPS) is 21.0. The first-order valence-electron chi connectivity index (χ1n) is 5.03. The van der Waals surface area contributed by atoms with Gasteiger partial charge >= 0.3 is 0 Å². The Hall–Kier alpha value is -0.870. The molecule has 0 saturated carbocycles. The number of aliphatic hydroxyl groups is 1. The van der Waals surface area contributed by atoms with Crippen LogP contribution in [0.5, 0.6) is 0 Å². The van der Waals surface area contributed by atoms with E-state index in [1.165, 1.54) is 0 Å². The van der Waals surface area contributed by atoms with Gasteiger partial charge in [-0.1, -0.05) is 0 Å². The van der Waals surface area contributed by atoms with Crippen molar-refractivity contribution < 1.29 is 9.84 Å². The number of aryl methyl sites for hydroxylation is 1. The molecule has 2 rings (SSSR count). The summed E-state index contributed by atoms with van der Waals surface area (Å²) in [7, 11) is 1.86. The Labute approximate surface area is 83.5 Å². The highest BCUT2D eigenvalue weighted by molar-refractivity contribution is 5.04. The van der Waals surface area contributed by atoms with Crippen molar-refractivity contribution in [3.8, 4) is 0 Å². The van der Waals surface area contributed by atoms with E-state index in [4.69, 9.17) is 4.74 Å². The number of nitrogens with zero attached hydrogens (tertiary/aromatic N) is 2. The fraction of sp³-hybridized carbons (Fsp3) is 0.700. The Morgan fingerprint density at radius 3 is 2.86 bits per heavy atom. The van der Waals surface area contributed by atoms with E-state index in [1.54, 1.807) is 4.68 Å². The summed E-state index contributed by atoms with van der Waals surface area (Å²) < 4.78 is 6.97. The molecule has 4 heteroatoms. The molecule has 14 heavy (non-hydrogen) atoms. The van der Waals surface area contributed by atoms with Crippen LogP contribution in [0.3, 0.4) is 0 Å². The van der Waals surface area contributed by atoms with Crippen LogP contribution < -0.4 is 0 Å². The maximum Gasteiger partial charge on any atom is 0.101 e. The first kappa shape index (κ1) is 9.68. The van der Waals surface area contributed by atoms with Crippen LogP contribution in [0.2, 0.25) is 0 Å². The second-order valence-corrected chi connectivity index (χ2v) is 3.81. The molecule has 4 nitrogen and oxygen atoms in total. The van der Waals surface area contributed by atoms with Gasteiger partial charge in [-0.3, -0.25) is 4.68 Å². The van der Waals surface area contributed by atoms with Crippen LogP contribution in [0.1, 0.15) is 24.6 Å². The van der Waals surface area contributed by atoms with Gasteiger partial charge in [-0.15, -0.1) is 0 Å². The van der Waals surface area contributed by atoms with Gasteiger partial charge in [0.25, 0.3) is 0 Å². The van der Waals surface area contributed by atoms with Crippen molar-refractivity contribution in [3.63, 3.8) is 0 Å². The fourth-order valence-corrected chi connectivity index (χ4v) is 1.86. The summed E-state index contributed by atoms with van der Waals surface area (Å²) in [6.45, 7) is 1.52. The molecule has 1 aromatic heterocycles. The van der Waals surface area contributed by atoms with Crippen molar-refractivity contribution in [2.75, 3.05) is 13.2 Å². The third kappa shape index (κ3) is 1.96. The van der Waals surface area contributed by atoms with Crippen molar-refractivity contribution in [1.82, 2.24) is 9.78 Å². The van der Waals surface area contributed by atoms with E-state index in [-0.39, 0.29) is 0 Å². The Morgan fingerprint density at radius 1 is 1.57 bits per heavy atom. The minimum Gasteiger partial charge on any atom is -0.386 e. The Kier molecular flexibility index (Phi) is 2.84. The van der Waals surface area contributed by atoms with Crippen molar-refractivity contribution >= 4 is 0 Å². The molecule has 1 fully saturated rings. The van der Waals surface area contributed by atoms with Gasteiger partial charge in [0.1, 0.15) is 6.10 Å². The highest BCUT2D eigenvalue weighted by Crippen LogP contribution is 2.28. The van der Waals surface area contributed by atoms with Crippen LogP contribution in [0, 0.1) is 5.92 Å². The van der Waals surface area contributed by atoms with E-state index in [2.05, 4.69) is 5.10 Å². The Balaban J connectivity index is 2.03. The van der Waals surface area contributed by atoms with Crippen molar-refractivity contribution in [1.29, 1.82) is 0 Å². The zero-order valence-electron chi connectivity index (χ0n) is 8.39. The van der Waals surface area contributed by atoms with E-state index in [1.807, 2.05) is 19.3 Å². The van der Waals surface area contributed by atoms with E-state index in [0.29, 0.717) is 5.92 Å². The van der Waals surface area contributed by atoms with Crippen LogP contribution >= 0.6 is 0 Å². The predicted molar refractivity (Wildman–Crippen MR) is 51.7 cm³/mol. The smallest absolute Gasteiger partial charge is 0.101 e. The number of rotatable bonds is 2. The van der Waals surface area contributed by atoms with E-state index >= 15 is 0 Å². The van der Waals surface area contributed by atoms with Crippen molar-refractivity contribution in [2.45, 2.75) is 18.9 Å². The molecule has 78 valence electrons. The molecule has 0 bridgehead atoms. The molecule has 1 aliphatic rings. The van der Waals surface area contributed by atoms with Gasteiger partial charge in [0.05, 0.1) is 5.69 Å². The lowest BCUT2D eigenvalue weighted by Crippen LogP contribution is -2.22. The molecule has 1 atom stereocenters. The predicted octanol–water partition coefficient (Wildman–Crippen LogP) is 0.880. The van der Waals surface area contributed by atoms with Crippen LogP contribution in [0.25, 0.3) is 0 Å². The van der Waals surface area contributed by atoms with E-state index in [9.17, 15) is 5.11 Å². The summed E-state index contributed by atoms with van der Waals surface area (Å²) in [4.78, 5) is 0. The van der Waals surface area contributed by atoms with Gasteiger partial charge in [0, 0.05) is 26.5 Å². The molecule has 0 aliphatic carbocycles. The second kappa shape index (κ2) is 4.11. The zero-order chi connectivity index (χ0) is 9.97. The second-order valence-electron chi connectivity index (χ2n) is 3.81. The monoisotopic (exact) mass is 196 g/mol. The SMILES string of the molecule is Cn1ccc(C(O)C2CCOCC2)n1. The average Bonchev–Trinajstić information content (AvgIpc) is 2.65. The van der Waals surface area contributed by atoms with E-state index in [0.717, 1.165) is 31.7 Å². The molecule has 1 saturated heterocycles. The minimum atomic E-state index is -0.430. The molecule has 2 heterocycles. The molecule has 1 unspecified atom stereocenters. The third-order valence-corrected chi connectivity index (χ3v) is 2.75. The van der Waals surface area contributed by atoms with Crippen molar-refractivity contribution in [2.24, 2.45) is 13.0 Å². The van der Waals surface area contributed by atoms with Gasteiger partial charge in [-0.2, -0.15) is 5.10 Å². The molecular weight excluding hydrogens is 180 g/mol. The molecular formula is C10H16N2O2. The molecule has 0 radical (unpaired) electrons. The van der Waals surface area contributed by atoms with Gasteiger partial charge in [0.2, 0.25) is 0 Å². The van der Waals surface area contributed by atoms with Gasteiger partial charge in [0.15, 0.2) is 0 Å². The first-order valence-corrected chi connectivity index (χ1v) is 5.03. The Bertz CT molecular complexity index is 292. The fourth-order valence-electron chi connectivity index (χ4n) is 1.86. The highest BCUT2D eigenvalue weighted by Gasteiger charge is 2.24. The lowest BCUT2D eigenvalue weighted by atomic mass is 9.92. The number of hydrogen-bond donors (Lipinski definition) is 1. The molecule has 1 aliphatic heterocycles. The topological polar surface area (TPSA) is 47.3 Å². The summed E-state index contributed by atoms with van der Waals surface area (Å²) in [6, 6.07) is 1.88. The number of aromatic nitrogens is 2. The molecule has 1 aromatic rings. The molecule has 0 spiro atoms. The largest absolute Gasteiger partial charge is 0.386 e. The Morgan fingerprint density at radius 2 is 2.29 bits per heavy atom. The summed E-state index contributed by atoms with van der Waals surface area (Å²) in [5, 5.41) is 14.2. The first-order chi connectivity index (χ1) is 6.77. The molecule has 0 amide bonds. The van der Waals surface area contributed by atoms with Crippen LogP contribution in [-0.4, -0.2) is 28.1 Å². The number of hydrogen-bond acceptors (Lipinski definition) is 3. The van der Waals surface area contributed by atoms with Crippen LogP contribution in [0.15, 0.2) is 12.3 Å². The summed E-state index contributed by atoms with van der Waals surface area (Å²) in [5.74, 6) is 0.304. The third-order valence-electron chi connectivity index (χ3n) is 2.75. The maximum atomic E-state index is 10.0. The molecule has 0 aromatic carbocycles. The number of aliphatic hydroxyl groups excluding tert-OH is 1. The quantitative estimate of drug-likeness (QED) is 0.763. The summed E-state index contributed by atoms with van der Waals surface area (Å²) >= 11 is 0. The van der Waals surface area contributed by atoms with E-state index < -0.39 is 6.10 Å².